The minimum atomic E-state index is -0.959. The number of carboxylic acid groups (broad SMARTS) is 1. The Morgan fingerprint density at radius 2 is 2.62 bits per heavy atom. The Morgan fingerprint density at radius 3 is 3.15 bits per heavy atom. The van der Waals surface area contributed by atoms with Crippen LogP contribution in [-0.2, 0) is 4.79 Å². The van der Waals surface area contributed by atoms with Crippen molar-refractivity contribution in [2.24, 2.45) is 0 Å². The molecule has 1 unspecified atom stereocenters. The molecule has 70 valence electrons. The van der Waals surface area contributed by atoms with Crippen LogP contribution < -0.4 is 5.32 Å². The normalized spacial score (nSPS) is 13.0. The fourth-order valence-electron chi connectivity index (χ4n) is 0.783. The second kappa shape index (κ2) is 4.61. The summed E-state index contributed by atoms with van der Waals surface area (Å²) in [6.07, 6.45) is 4.19. The SMILES string of the molecule is CC(N/C=C/C(=O)O)c1nccs1. The molecule has 1 atom stereocenters. The van der Waals surface area contributed by atoms with Gasteiger partial charge in [0.25, 0.3) is 0 Å². The number of aromatic nitrogens is 1. The zero-order chi connectivity index (χ0) is 9.68. The lowest BCUT2D eigenvalue weighted by Crippen LogP contribution is -2.11. The van der Waals surface area contributed by atoms with E-state index in [1.807, 2.05) is 12.3 Å². The summed E-state index contributed by atoms with van der Waals surface area (Å²) in [4.78, 5) is 14.2. The predicted molar refractivity (Wildman–Crippen MR) is 50.4 cm³/mol. The van der Waals surface area contributed by atoms with Gasteiger partial charge in [-0.15, -0.1) is 11.3 Å². The van der Waals surface area contributed by atoms with Crippen LogP contribution in [0, 0.1) is 0 Å². The van der Waals surface area contributed by atoms with Crippen molar-refractivity contribution in [2.75, 3.05) is 0 Å². The molecule has 0 aliphatic carbocycles. The highest BCUT2D eigenvalue weighted by Crippen LogP contribution is 2.13. The van der Waals surface area contributed by atoms with Gasteiger partial charge >= 0.3 is 5.97 Å². The molecule has 0 aromatic carbocycles. The molecule has 1 aromatic heterocycles. The maximum absolute atomic E-state index is 10.1. The Bertz CT molecular complexity index is 295. The van der Waals surface area contributed by atoms with Gasteiger partial charge in [-0.3, -0.25) is 0 Å². The molecule has 0 radical (unpaired) electrons. The molecule has 4 nitrogen and oxygen atoms in total. The number of hydrogen-bond acceptors (Lipinski definition) is 4. The van der Waals surface area contributed by atoms with Crippen LogP contribution in [0.5, 0.6) is 0 Å². The Kier molecular flexibility index (Phi) is 3.45. The number of carbonyl (C=O) groups is 1. The number of nitrogens with one attached hydrogen (secondary N) is 1. The molecule has 5 heteroatoms. The zero-order valence-corrected chi connectivity index (χ0v) is 7.91. The molecule has 1 rings (SSSR count). The van der Waals surface area contributed by atoms with Gasteiger partial charge < -0.3 is 10.4 Å². The molecule has 0 aliphatic rings. The molecule has 1 heterocycles. The molecule has 0 fully saturated rings. The van der Waals surface area contributed by atoms with Crippen LogP contribution in [-0.4, -0.2) is 16.1 Å². The van der Waals surface area contributed by atoms with Crippen molar-refractivity contribution < 1.29 is 9.90 Å². The van der Waals surface area contributed by atoms with E-state index in [2.05, 4.69) is 10.3 Å². The van der Waals surface area contributed by atoms with Gasteiger partial charge in [0.05, 0.1) is 6.04 Å². The van der Waals surface area contributed by atoms with E-state index < -0.39 is 5.97 Å². The van der Waals surface area contributed by atoms with Gasteiger partial charge in [-0.2, -0.15) is 0 Å². The van der Waals surface area contributed by atoms with E-state index in [9.17, 15) is 4.79 Å². The molecule has 2 N–H and O–H groups in total. The van der Waals surface area contributed by atoms with Crippen LogP contribution in [0.4, 0.5) is 0 Å². The van der Waals surface area contributed by atoms with Crippen molar-refractivity contribution >= 4 is 17.3 Å². The second-order valence-corrected chi connectivity index (χ2v) is 3.36. The zero-order valence-electron chi connectivity index (χ0n) is 7.10. The summed E-state index contributed by atoms with van der Waals surface area (Å²) in [6, 6.07) is 0.0515. The van der Waals surface area contributed by atoms with Crippen LogP contribution in [0.1, 0.15) is 18.0 Å². The Balaban J connectivity index is 2.43. The second-order valence-electron chi connectivity index (χ2n) is 2.43. The molecule has 0 bridgehead atoms. The quantitative estimate of drug-likeness (QED) is 0.718. The summed E-state index contributed by atoms with van der Waals surface area (Å²) in [5, 5.41) is 14.0. The van der Waals surface area contributed by atoms with Crippen molar-refractivity contribution in [1.29, 1.82) is 0 Å². The molecule has 0 amide bonds. The van der Waals surface area contributed by atoms with Crippen LogP contribution in [0.3, 0.4) is 0 Å². The smallest absolute Gasteiger partial charge is 0.329 e. The van der Waals surface area contributed by atoms with Crippen LogP contribution in [0.25, 0.3) is 0 Å². The van der Waals surface area contributed by atoms with Crippen molar-refractivity contribution in [3.05, 3.63) is 28.9 Å². The molecule has 0 spiro atoms. The lowest BCUT2D eigenvalue weighted by Gasteiger charge is -2.06. The van der Waals surface area contributed by atoms with E-state index in [-0.39, 0.29) is 6.04 Å². The van der Waals surface area contributed by atoms with Crippen LogP contribution in [0.2, 0.25) is 0 Å². The fourth-order valence-corrected chi connectivity index (χ4v) is 1.44. The van der Waals surface area contributed by atoms with Gasteiger partial charge in [0.2, 0.25) is 0 Å². The summed E-state index contributed by atoms with van der Waals surface area (Å²) in [6.45, 7) is 1.92. The van der Waals surface area contributed by atoms with Gasteiger partial charge in [-0.25, -0.2) is 9.78 Å². The maximum atomic E-state index is 10.1. The number of carboxylic acids is 1. The topological polar surface area (TPSA) is 62.2 Å². The molecule has 0 saturated heterocycles. The third kappa shape index (κ3) is 3.25. The number of rotatable bonds is 4. The van der Waals surface area contributed by atoms with Crippen molar-refractivity contribution in [2.45, 2.75) is 13.0 Å². The minimum Gasteiger partial charge on any atom is -0.478 e. The number of hydrogen-bond donors (Lipinski definition) is 2. The highest BCUT2D eigenvalue weighted by atomic mass is 32.1. The third-order valence-corrected chi connectivity index (χ3v) is 2.35. The van der Waals surface area contributed by atoms with Crippen molar-refractivity contribution in [3.8, 4) is 0 Å². The van der Waals surface area contributed by atoms with Crippen LogP contribution in [0.15, 0.2) is 23.9 Å². The third-order valence-electron chi connectivity index (χ3n) is 1.39. The Morgan fingerprint density at radius 1 is 1.85 bits per heavy atom. The molecule has 1 aromatic rings. The van der Waals surface area contributed by atoms with E-state index >= 15 is 0 Å². The fraction of sp³-hybridized carbons (Fsp3) is 0.250. The first-order chi connectivity index (χ1) is 6.20. The number of aliphatic carboxylic acids is 1. The average Bonchev–Trinajstić information content (AvgIpc) is 2.55. The van der Waals surface area contributed by atoms with E-state index in [1.165, 1.54) is 17.5 Å². The monoisotopic (exact) mass is 198 g/mol. The van der Waals surface area contributed by atoms with Gasteiger partial charge in [0.15, 0.2) is 0 Å². The van der Waals surface area contributed by atoms with Gasteiger partial charge in [0.1, 0.15) is 5.01 Å². The van der Waals surface area contributed by atoms with E-state index in [4.69, 9.17) is 5.11 Å². The first-order valence-corrected chi connectivity index (χ1v) is 4.63. The average molecular weight is 198 g/mol. The van der Waals surface area contributed by atoms with Gasteiger partial charge in [0, 0.05) is 23.9 Å². The number of thiazole rings is 1. The number of nitrogens with zero attached hydrogens (tertiary/aromatic N) is 1. The van der Waals surface area contributed by atoms with Crippen molar-refractivity contribution in [1.82, 2.24) is 10.3 Å². The van der Waals surface area contributed by atoms with Crippen LogP contribution >= 0.6 is 11.3 Å². The summed E-state index contributed by atoms with van der Waals surface area (Å²) < 4.78 is 0. The molecular formula is C8H10N2O2S. The first-order valence-electron chi connectivity index (χ1n) is 3.75. The standard InChI is InChI=1S/C8H10N2O2S/c1-6(8-10-4-5-13-8)9-3-2-7(11)12/h2-6,9H,1H3,(H,11,12)/b3-2+. The van der Waals surface area contributed by atoms with Gasteiger partial charge in [-0.1, -0.05) is 0 Å². The highest BCUT2D eigenvalue weighted by Gasteiger charge is 2.03. The summed E-state index contributed by atoms with van der Waals surface area (Å²) in [5.74, 6) is -0.959. The predicted octanol–water partition coefficient (Wildman–Crippen LogP) is 1.39. The molecule has 0 saturated carbocycles. The first kappa shape index (κ1) is 9.73. The Labute approximate surface area is 79.9 Å². The summed E-state index contributed by atoms with van der Waals surface area (Å²) in [7, 11) is 0. The summed E-state index contributed by atoms with van der Waals surface area (Å²) in [5.41, 5.74) is 0. The molecule has 0 aliphatic heterocycles. The minimum absolute atomic E-state index is 0.0515. The molecular weight excluding hydrogens is 188 g/mol. The van der Waals surface area contributed by atoms with E-state index in [0.29, 0.717) is 0 Å². The maximum Gasteiger partial charge on any atom is 0.329 e. The van der Waals surface area contributed by atoms with E-state index in [0.717, 1.165) is 11.1 Å². The van der Waals surface area contributed by atoms with Gasteiger partial charge in [-0.05, 0) is 6.92 Å². The Hall–Kier alpha value is -1.36. The lowest BCUT2D eigenvalue weighted by atomic mass is 10.3. The van der Waals surface area contributed by atoms with Crippen molar-refractivity contribution in [3.63, 3.8) is 0 Å². The lowest BCUT2D eigenvalue weighted by molar-refractivity contribution is -0.131. The molecule has 13 heavy (non-hydrogen) atoms. The highest BCUT2D eigenvalue weighted by molar-refractivity contribution is 7.09. The largest absolute Gasteiger partial charge is 0.478 e. The van der Waals surface area contributed by atoms with E-state index in [1.54, 1.807) is 6.20 Å². The summed E-state index contributed by atoms with van der Waals surface area (Å²) >= 11 is 1.53.